The number of nitrogens with one attached hydrogen (secondary N) is 1. The van der Waals surface area contributed by atoms with Crippen molar-refractivity contribution in [2.75, 3.05) is 0 Å². The summed E-state index contributed by atoms with van der Waals surface area (Å²) in [5.41, 5.74) is -1.02. The van der Waals surface area contributed by atoms with E-state index in [2.05, 4.69) is 21.2 Å². The molecule has 1 saturated carbocycles. The first kappa shape index (κ1) is 13.8. The molecule has 0 atom stereocenters. The van der Waals surface area contributed by atoms with Gasteiger partial charge < -0.3 is 0 Å². The van der Waals surface area contributed by atoms with E-state index in [-0.39, 0.29) is 12.5 Å². The lowest BCUT2D eigenvalue weighted by atomic mass is 9.82. The van der Waals surface area contributed by atoms with Gasteiger partial charge in [-0.15, -0.1) is 11.3 Å². The second-order valence-corrected chi connectivity index (χ2v) is 6.99. The number of hydrogen-bond acceptors (Lipinski definition) is 4. The van der Waals surface area contributed by atoms with E-state index in [9.17, 15) is 14.4 Å². The molecule has 1 aliphatic heterocycles. The molecular weight excluding hydrogens is 344 g/mol. The van der Waals surface area contributed by atoms with Crippen LogP contribution in [0, 0.1) is 5.41 Å². The molecule has 7 heteroatoms. The SMILES string of the molecule is O=C1NC(=O)C2(CCCC2)C(=O)N1Cc1sccc1Br. The Morgan fingerprint density at radius 2 is 2.00 bits per heavy atom. The molecule has 1 aromatic heterocycles. The molecule has 3 rings (SSSR count). The lowest BCUT2D eigenvalue weighted by Gasteiger charge is -2.36. The van der Waals surface area contributed by atoms with Gasteiger partial charge in [0.15, 0.2) is 0 Å². The monoisotopic (exact) mass is 356 g/mol. The number of halogens is 1. The zero-order valence-corrected chi connectivity index (χ0v) is 13.1. The number of rotatable bonds is 2. The molecule has 1 N–H and O–H groups in total. The second kappa shape index (κ2) is 4.96. The number of thiophene rings is 1. The Bertz CT molecular complexity index is 592. The topological polar surface area (TPSA) is 66.5 Å². The molecule has 5 nitrogen and oxygen atoms in total. The van der Waals surface area contributed by atoms with Crippen molar-refractivity contribution >= 4 is 45.1 Å². The molecule has 1 saturated heterocycles. The molecule has 1 spiro atoms. The normalized spacial score (nSPS) is 21.6. The van der Waals surface area contributed by atoms with E-state index in [1.165, 1.54) is 16.2 Å². The zero-order valence-electron chi connectivity index (χ0n) is 10.6. The van der Waals surface area contributed by atoms with E-state index in [4.69, 9.17) is 0 Å². The van der Waals surface area contributed by atoms with Gasteiger partial charge in [0.05, 0.1) is 6.54 Å². The first-order valence-electron chi connectivity index (χ1n) is 6.44. The Kier molecular flexibility index (Phi) is 3.41. The van der Waals surface area contributed by atoms with E-state index in [1.807, 2.05) is 11.4 Å². The van der Waals surface area contributed by atoms with Gasteiger partial charge in [-0.2, -0.15) is 0 Å². The number of barbiturate groups is 1. The number of amides is 4. The minimum absolute atomic E-state index is 0.206. The predicted octanol–water partition coefficient (Wildman–Crippen LogP) is 2.65. The van der Waals surface area contributed by atoms with Gasteiger partial charge in [0, 0.05) is 9.35 Å². The Morgan fingerprint density at radius 3 is 2.60 bits per heavy atom. The van der Waals surface area contributed by atoms with Crippen molar-refractivity contribution in [3.05, 3.63) is 20.8 Å². The highest BCUT2D eigenvalue weighted by Crippen LogP contribution is 2.42. The number of urea groups is 1. The molecule has 0 unspecified atom stereocenters. The fourth-order valence-electron chi connectivity index (χ4n) is 2.88. The summed E-state index contributed by atoms with van der Waals surface area (Å²) in [6, 6.07) is 1.26. The van der Waals surface area contributed by atoms with Crippen molar-refractivity contribution in [3.8, 4) is 0 Å². The van der Waals surface area contributed by atoms with Gasteiger partial charge in [0.1, 0.15) is 5.41 Å². The van der Waals surface area contributed by atoms with Crippen LogP contribution in [0.4, 0.5) is 4.79 Å². The maximum Gasteiger partial charge on any atom is 0.331 e. The first-order chi connectivity index (χ1) is 9.54. The van der Waals surface area contributed by atoms with Crippen LogP contribution in [-0.4, -0.2) is 22.7 Å². The van der Waals surface area contributed by atoms with Gasteiger partial charge in [-0.3, -0.25) is 19.8 Å². The molecule has 20 heavy (non-hydrogen) atoms. The van der Waals surface area contributed by atoms with E-state index >= 15 is 0 Å². The van der Waals surface area contributed by atoms with E-state index < -0.39 is 17.4 Å². The van der Waals surface area contributed by atoms with Crippen molar-refractivity contribution in [2.45, 2.75) is 32.2 Å². The van der Waals surface area contributed by atoms with Crippen molar-refractivity contribution in [1.29, 1.82) is 0 Å². The van der Waals surface area contributed by atoms with Crippen molar-refractivity contribution in [2.24, 2.45) is 5.41 Å². The fourth-order valence-corrected chi connectivity index (χ4v) is 4.34. The highest BCUT2D eigenvalue weighted by Gasteiger charge is 2.54. The number of imide groups is 2. The molecule has 106 valence electrons. The molecule has 2 aliphatic rings. The summed E-state index contributed by atoms with van der Waals surface area (Å²) in [7, 11) is 0. The van der Waals surface area contributed by atoms with Crippen LogP contribution in [0.2, 0.25) is 0 Å². The van der Waals surface area contributed by atoms with E-state index in [0.29, 0.717) is 12.8 Å². The molecule has 1 aliphatic carbocycles. The van der Waals surface area contributed by atoms with Crippen LogP contribution in [-0.2, 0) is 16.1 Å². The van der Waals surface area contributed by atoms with Gasteiger partial charge in [-0.1, -0.05) is 12.8 Å². The molecule has 0 aromatic carbocycles. The van der Waals surface area contributed by atoms with Crippen LogP contribution in [0.3, 0.4) is 0 Å². The summed E-state index contributed by atoms with van der Waals surface area (Å²) >= 11 is 4.87. The van der Waals surface area contributed by atoms with Gasteiger partial charge >= 0.3 is 6.03 Å². The number of carbonyl (C=O) groups is 3. The van der Waals surface area contributed by atoms with Crippen LogP contribution in [0.25, 0.3) is 0 Å². The van der Waals surface area contributed by atoms with Gasteiger partial charge in [-0.25, -0.2) is 4.79 Å². The minimum Gasteiger partial charge on any atom is -0.277 e. The standard InChI is InChI=1S/C13H13BrN2O3S/c14-8-3-6-20-9(8)7-16-11(18)13(4-1-2-5-13)10(17)15-12(16)19/h3,6H,1-2,4-5,7H2,(H,15,17,19). The van der Waals surface area contributed by atoms with Crippen molar-refractivity contribution in [1.82, 2.24) is 10.2 Å². The summed E-state index contributed by atoms with van der Waals surface area (Å²) in [6.07, 6.45) is 2.77. The van der Waals surface area contributed by atoms with Crippen LogP contribution in [0.15, 0.2) is 15.9 Å². The third-order valence-electron chi connectivity index (χ3n) is 4.00. The molecule has 4 amide bonds. The highest BCUT2D eigenvalue weighted by atomic mass is 79.9. The van der Waals surface area contributed by atoms with E-state index in [0.717, 1.165) is 22.2 Å². The zero-order chi connectivity index (χ0) is 14.3. The average Bonchev–Trinajstić information content (AvgIpc) is 3.03. The fraction of sp³-hybridized carbons (Fsp3) is 0.462. The lowest BCUT2D eigenvalue weighted by Crippen LogP contribution is -2.62. The summed E-state index contributed by atoms with van der Waals surface area (Å²) in [6.45, 7) is 0.206. The van der Waals surface area contributed by atoms with Crippen LogP contribution in [0.1, 0.15) is 30.6 Å². The third-order valence-corrected chi connectivity index (χ3v) is 5.92. The van der Waals surface area contributed by atoms with E-state index in [1.54, 1.807) is 0 Å². The molecule has 0 radical (unpaired) electrons. The smallest absolute Gasteiger partial charge is 0.277 e. The molecule has 0 bridgehead atoms. The van der Waals surface area contributed by atoms with Crippen molar-refractivity contribution < 1.29 is 14.4 Å². The van der Waals surface area contributed by atoms with Gasteiger partial charge in [0.25, 0.3) is 0 Å². The molecular formula is C13H13BrN2O3S. The van der Waals surface area contributed by atoms with Gasteiger partial charge in [0.2, 0.25) is 11.8 Å². The van der Waals surface area contributed by atoms with Crippen LogP contribution < -0.4 is 5.32 Å². The Morgan fingerprint density at radius 1 is 1.30 bits per heavy atom. The molecule has 2 heterocycles. The Hall–Kier alpha value is -1.21. The summed E-state index contributed by atoms with van der Waals surface area (Å²) in [5, 5.41) is 4.23. The Labute approximate surface area is 128 Å². The number of nitrogens with zero attached hydrogens (tertiary/aromatic N) is 1. The number of hydrogen-bond donors (Lipinski definition) is 1. The minimum atomic E-state index is -1.02. The summed E-state index contributed by atoms with van der Waals surface area (Å²) in [4.78, 5) is 38.7. The number of carbonyl (C=O) groups excluding carboxylic acids is 3. The molecule has 1 aromatic rings. The Balaban J connectivity index is 1.90. The lowest BCUT2D eigenvalue weighted by molar-refractivity contribution is -0.151. The molecule has 2 fully saturated rings. The average molecular weight is 357 g/mol. The van der Waals surface area contributed by atoms with Crippen LogP contribution in [0.5, 0.6) is 0 Å². The summed E-state index contributed by atoms with van der Waals surface area (Å²) in [5.74, 6) is -0.768. The third kappa shape index (κ3) is 2.00. The van der Waals surface area contributed by atoms with Crippen molar-refractivity contribution in [3.63, 3.8) is 0 Å². The van der Waals surface area contributed by atoms with Crippen LogP contribution >= 0.6 is 27.3 Å². The first-order valence-corrected chi connectivity index (χ1v) is 8.11. The highest BCUT2D eigenvalue weighted by molar-refractivity contribution is 9.10. The summed E-state index contributed by atoms with van der Waals surface area (Å²) < 4.78 is 0.875. The predicted molar refractivity (Wildman–Crippen MR) is 77.0 cm³/mol. The quantitative estimate of drug-likeness (QED) is 0.828. The maximum atomic E-state index is 12.6. The second-order valence-electron chi connectivity index (χ2n) is 5.13. The maximum absolute atomic E-state index is 12.6. The van der Waals surface area contributed by atoms with Gasteiger partial charge in [-0.05, 0) is 40.2 Å². The largest absolute Gasteiger partial charge is 0.331 e.